The molecule has 0 saturated heterocycles. The fourth-order valence-corrected chi connectivity index (χ4v) is 3.83. The summed E-state index contributed by atoms with van der Waals surface area (Å²) in [5.41, 5.74) is 1.47. The number of ether oxygens (including phenoxy) is 1. The molecule has 0 amide bonds. The first-order valence-electron chi connectivity index (χ1n) is 9.03. The number of benzene rings is 1. The normalized spacial score (nSPS) is 21.6. The molecule has 0 unspecified atom stereocenters. The van der Waals surface area contributed by atoms with Gasteiger partial charge in [-0.3, -0.25) is 0 Å². The van der Waals surface area contributed by atoms with Crippen molar-refractivity contribution < 1.29 is 14.5 Å². The molecule has 0 radical (unpaired) electrons. The van der Waals surface area contributed by atoms with E-state index >= 15 is 0 Å². The van der Waals surface area contributed by atoms with Crippen molar-refractivity contribution in [3.05, 3.63) is 29.8 Å². The summed E-state index contributed by atoms with van der Waals surface area (Å²) in [5, 5.41) is 0. The molecule has 3 nitrogen and oxygen atoms in total. The lowest BCUT2D eigenvalue weighted by Gasteiger charge is -2.26. The number of hydrogen-bond acceptors (Lipinski definition) is 3. The van der Waals surface area contributed by atoms with Gasteiger partial charge >= 0.3 is 0 Å². The molecule has 4 heteroatoms. The predicted molar refractivity (Wildman–Crippen MR) is 97.0 cm³/mol. The molecule has 130 valence electrons. The lowest BCUT2D eigenvalue weighted by Crippen LogP contribution is -2.10. The Bertz CT molecular complexity index is 425. The van der Waals surface area contributed by atoms with Crippen LogP contribution in [0, 0.1) is 5.92 Å². The molecule has 1 aliphatic rings. The van der Waals surface area contributed by atoms with Gasteiger partial charge in [0.25, 0.3) is 0 Å². The Kier molecular flexibility index (Phi) is 8.36. The van der Waals surface area contributed by atoms with Gasteiger partial charge in [-0.15, -0.1) is 0 Å². The fourth-order valence-electron chi connectivity index (χ4n) is 3.33. The van der Waals surface area contributed by atoms with E-state index in [4.69, 9.17) is 14.5 Å². The molecular formula is C19H31O3P. The second kappa shape index (κ2) is 10.3. The van der Waals surface area contributed by atoms with E-state index in [0.717, 1.165) is 49.9 Å². The summed E-state index contributed by atoms with van der Waals surface area (Å²) >= 11 is 0. The number of rotatable bonds is 9. The standard InChI is InChI=1S/C19H31O3P/c1-16-6-8-17(9-7-16)18-10-12-19(13-11-18)22-14-4-2-3-5-15-23(20)21/h10-13,16-17,20-21H,2-9,14-15H2,1H3. The summed E-state index contributed by atoms with van der Waals surface area (Å²) in [5.74, 6) is 2.60. The van der Waals surface area contributed by atoms with Gasteiger partial charge in [-0.25, -0.2) is 0 Å². The molecule has 2 N–H and O–H groups in total. The molecular weight excluding hydrogens is 307 g/mol. The van der Waals surface area contributed by atoms with Crippen LogP contribution in [-0.2, 0) is 0 Å². The lowest BCUT2D eigenvalue weighted by atomic mass is 9.79. The topological polar surface area (TPSA) is 49.7 Å². The Labute approximate surface area is 142 Å². The SMILES string of the molecule is CC1CCC(c2ccc(OCCCCCCP(O)O)cc2)CC1. The lowest BCUT2D eigenvalue weighted by molar-refractivity contribution is 0.304. The molecule has 2 rings (SSSR count). The van der Waals surface area contributed by atoms with Gasteiger partial charge in [-0.2, -0.15) is 0 Å². The first kappa shape index (κ1) is 18.7. The van der Waals surface area contributed by atoms with Crippen molar-refractivity contribution in [3.8, 4) is 5.75 Å². The van der Waals surface area contributed by atoms with Gasteiger partial charge in [0.15, 0.2) is 8.38 Å². The molecule has 1 saturated carbocycles. The minimum Gasteiger partial charge on any atom is -0.494 e. The Hall–Kier alpha value is -0.630. The minimum atomic E-state index is -1.70. The largest absolute Gasteiger partial charge is 0.494 e. The second-order valence-corrected chi connectivity index (χ2v) is 8.08. The van der Waals surface area contributed by atoms with Crippen LogP contribution in [0.15, 0.2) is 24.3 Å². The monoisotopic (exact) mass is 338 g/mol. The molecule has 1 fully saturated rings. The zero-order valence-electron chi connectivity index (χ0n) is 14.3. The highest BCUT2D eigenvalue weighted by atomic mass is 31.2. The Morgan fingerprint density at radius 3 is 2.26 bits per heavy atom. The molecule has 0 aliphatic heterocycles. The van der Waals surface area contributed by atoms with Gasteiger partial charge in [0.1, 0.15) is 5.75 Å². The van der Waals surface area contributed by atoms with E-state index in [1.807, 2.05) is 0 Å². The Balaban J connectivity index is 1.61. The summed E-state index contributed by atoms with van der Waals surface area (Å²) in [6.45, 7) is 3.10. The molecule has 1 aromatic carbocycles. The van der Waals surface area contributed by atoms with Crippen LogP contribution in [0.5, 0.6) is 5.75 Å². The van der Waals surface area contributed by atoms with Crippen LogP contribution >= 0.6 is 8.38 Å². The highest BCUT2D eigenvalue weighted by Crippen LogP contribution is 2.35. The highest BCUT2D eigenvalue weighted by molar-refractivity contribution is 7.45. The van der Waals surface area contributed by atoms with Crippen LogP contribution in [0.2, 0.25) is 0 Å². The molecule has 1 aliphatic carbocycles. The van der Waals surface area contributed by atoms with E-state index in [2.05, 4.69) is 31.2 Å². The van der Waals surface area contributed by atoms with E-state index in [9.17, 15) is 0 Å². The van der Waals surface area contributed by atoms with Gasteiger partial charge < -0.3 is 14.5 Å². The Morgan fingerprint density at radius 2 is 1.61 bits per heavy atom. The van der Waals surface area contributed by atoms with E-state index in [1.54, 1.807) is 0 Å². The van der Waals surface area contributed by atoms with Gasteiger partial charge in [0, 0.05) is 6.16 Å². The molecule has 0 spiro atoms. The number of unbranched alkanes of at least 4 members (excludes halogenated alkanes) is 3. The Morgan fingerprint density at radius 1 is 0.957 bits per heavy atom. The molecule has 1 aromatic rings. The third-order valence-electron chi connectivity index (χ3n) is 4.89. The van der Waals surface area contributed by atoms with Crippen molar-refractivity contribution in [2.75, 3.05) is 12.8 Å². The summed E-state index contributed by atoms with van der Waals surface area (Å²) in [6.07, 6.45) is 9.96. The quantitative estimate of drug-likeness (QED) is 0.480. The first-order valence-corrected chi connectivity index (χ1v) is 10.5. The van der Waals surface area contributed by atoms with Crippen molar-refractivity contribution in [2.24, 2.45) is 5.92 Å². The molecule has 0 bridgehead atoms. The third kappa shape index (κ3) is 7.20. The van der Waals surface area contributed by atoms with Crippen molar-refractivity contribution in [1.29, 1.82) is 0 Å². The van der Waals surface area contributed by atoms with E-state index in [-0.39, 0.29) is 0 Å². The van der Waals surface area contributed by atoms with Crippen LogP contribution in [0.25, 0.3) is 0 Å². The van der Waals surface area contributed by atoms with Gasteiger partial charge in [-0.1, -0.05) is 44.7 Å². The van der Waals surface area contributed by atoms with E-state index in [0.29, 0.717) is 6.16 Å². The van der Waals surface area contributed by atoms with E-state index < -0.39 is 8.38 Å². The van der Waals surface area contributed by atoms with Crippen LogP contribution in [0.3, 0.4) is 0 Å². The van der Waals surface area contributed by atoms with E-state index in [1.165, 1.54) is 31.2 Å². The van der Waals surface area contributed by atoms with Crippen LogP contribution in [0.4, 0.5) is 0 Å². The average Bonchev–Trinajstić information content (AvgIpc) is 2.55. The summed E-state index contributed by atoms with van der Waals surface area (Å²) < 4.78 is 5.80. The zero-order valence-corrected chi connectivity index (χ0v) is 15.2. The maximum absolute atomic E-state index is 8.83. The molecule has 0 aromatic heterocycles. The molecule has 0 atom stereocenters. The first-order chi connectivity index (χ1) is 11.1. The number of hydrogen-bond donors (Lipinski definition) is 2. The molecule has 23 heavy (non-hydrogen) atoms. The zero-order chi connectivity index (χ0) is 16.5. The fraction of sp³-hybridized carbons (Fsp3) is 0.684. The highest BCUT2D eigenvalue weighted by Gasteiger charge is 2.19. The van der Waals surface area contributed by atoms with Gasteiger partial charge in [0.05, 0.1) is 6.61 Å². The van der Waals surface area contributed by atoms with Crippen molar-refractivity contribution in [2.45, 2.75) is 64.2 Å². The predicted octanol–water partition coefficient (Wildman–Crippen LogP) is 5.22. The molecule has 0 heterocycles. The van der Waals surface area contributed by atoms with Crippen LogP contribution in [-0.4, -0.2) is 22.6 Å². The second-order valence-electron chi connectivity index (χ2n) is 6.88. The van der Waals surface area contributed by atoms with Gasteiger partial charge in [-0.05, 0) is 55.2 Å². The van der Waals surface area contributed by atoms with Crippen LogP contribution in [0.1, 0.15) is 69.8 Å². The average molecular weight is 338 g/mol. The maximum atomic E-state index is 8.83. The van der Waals surface area contributed by atoms with Crippen molar-refractivity contribution >= 4 is 8.38 Å². The van der Waals surface area contributed by atoms with Crippen LogP contribution < -0.4 is 4.74 Å². The minimum absolute atomic E-state index is 0.539. The van der Waals surface area contributed by atoms with Crippen molar-refractivity contribution in [1.82, 2.24) is 0 Å². The van der Waals surface area contributed by atoms with Crippen molar-refractivity contribution in [3.63, 3.8) is 0 Å². The summed E-state index contributed by atoms with van der Waals surface area (Å²) in [7, 11) is -1.70. The summed E-state index contributed by atoms with van der Waals surface area (Å²) in [6, 6.07) is 8.69. The smallest absolute Gasteiger partial charge is 0.164 e. The maximum Gasteiger partial charge on any atom is 0.164 e. The van der Waals surface area contributed by atoms with Gasteiger partial charge in [0.2, 0.25) is 0 Å². The third-order valence-corrected chi connectivity index (χ3v) is 5.60. The summed E-state index contributed by atoms with van der Waals surface area (Å²) in [4.78, 5) is 17.7.